The third kappa shape index (κ3) is 6.40. The van der Waals surface area contributed by atoms with Crippen LogP contribution in [0.3, 0.4) is 0 Å². The number of ether oxygens (including phenoxy) is 1. The van der Waals surface area contributed by atoms with E-state index in [4.69, 9.17) is 16.3 Å². The molecule has 178 valence electrons. The van der Waals surface area contributed by atoms with Crippen LogP contribution >= 0.6 is 11.6 Å². The molecule has 0 aliphatic heterocycles. The number of carbonyl (C=O) groups is 1. The van der Waals surface area contributed by atoms with Crippen LogP contribution < -0.4 is 4.72 Å². The molecule has 0 aliphatic rings. The highest BCUT2D eigenvalue weighted by Crippen LogP contribution is 2.26. The summed E-state index contributed by atoms with van der Waals surface area (Å²) in [6.45, 7) is 5.03. The van der Waals surface area contributed by atoms with Crippen molar-refractivity contribution in [2.45, 2.75) is 37.9 Å². The number of hydrogen-bond donors (Lipinski definition) is 1. The highest BCUT2D eigenvalue weighted by atomic mass is 35.5. The van der Waals surface area contributed by atoms with E-state index in [1.807, 2.05) is 16.9 Å². The number of nitro groups is 1. The highest BCUT2D eigenvalue weighted by Gasteiger charge is 2.23. The number of sulfonamides is 1. The molecule has 3 rings (SSSR count). The van der Waals surface area contributed by atoms with Gasteiger partial charge in [-0.1, -0.05) is 61.8 Å². The second-order valence-electron chi connectivity index (χ2n) is 7.89. The van der Waals surface area contributed by atoms with Gasteiger partial charge in [0.2, 0.25) is 0 Å². The number of benzene rings is 3. The van der Waals surface area contributed by atoms with Crippen LogP contribution in [0.25, 0.3) is 0 Å². The molecule has 0 spiro atoms. The van der Waals surface area contributed by atoms with Gasteiger partial charge in [-0.05, 0) is 40.8 Å². The topological polar surface area (TPSA) is 116 Å². The Morgan fingerprint density at radius 2 is 1.56 bits per heavy atom. The molecule has 3 aromatic rings. The molecular weight excluding hydrogens is 480 g/mol. The van der Waals surface area contributed by atoms with Crippen LogP contribution in [0.5, 0.6) is 0 Å². The zero-order valence-electron chi connectivity index (χ0n) is 18.5. The monoisotopic (exact) mass is 502 g/mol. The summed E-state index contributed by atoms with van der Waals surface area (Å²) in [5.41, 5.74) is 2.89. The summed E-state index contributed by atoms with van der Waals surface area (Å²) in [5, 5.41) is 10.4. The summed E-state index contributed by atoms with van der Waals surface area (Å²) < 4.78 is 32.7. The van der Waals surface area contributed by atoms with Gasteiger partial charge in [-0.15, -0.1) is 0 Å². The number of amides is 1. The quantitative estimate of drug-likeness (QED) is 0.317. The van der Waals surface area contributed by atoms with Gasteiger partial charge in [-0.3, -0.25) is 14.9 Å². The lowest BCUT2D eigenvalue weighted by molar-refractivity contribution is -0.384. The molecule has 0 fully saturated rings. The fraction of sp³-hybridized carbons (Fsp3) is 0.208. The van der Waals surface area contributed by atoms with Crippen LogP contribution in [0.4, 0.5) is 5.69 Å². The molecule has 1 N–H and O–H groups in total. The first-order chi connectivity index (χ1) is 16.1. The van der Waals surface area contributed by atoms with Crippen molar-refractivity contribution >= 4 is 33.2 Å². The largest absolute Gasteiger partial charge is 0.372 e. The van der Waals surface area contributed by atoms with E-state index < -0.39 is 25.7 Å². The Hall–Kier alpha value is -3.27. The molecule has 0 atom stereocenters. The van der Waals surface area contributed by atoms with E-state index >= 15 is 0 Å². The third-order valence-corrected chi connectivity index (χ3v) is 6.86. The number of nitrogens with zero attached hydrogens (tertiary/aromatic N) is 1. The second-order valence-corrected chi connectivity index (χ2v) is 9.95. The molecule has 1 amide bonds. The van der Waals surface area contributed by atoms with Gasteiger partial charge < -0.3 is 4.74 Å². The van der Waals surface area contributed by atoms with Crippen molar-refractivity contribution in [3.63, 3.8) is 0 Å². The molecule has 0 heterocycles. The van der Waals surface area contributed by atoms with Gasteiger partial charge in [-0.2, -0.15) is 0 Å². The summed E-state index contributed by atoms with van der Waals surface area (Å²) in [7, 11) is -4.32. The Morgan fingerprint density at radius 3 is 2.06 bits per heavy atom. The molecule has 3 aromatic carbocycles. The molecule has 0 bridgehead atoms. The number of nitro benzene ring substituents is 1. The normalized spacial score (nSPS) is 11.4. The van der Waals surface area contributed by atoms with Crippen LogP contribution in [-0.4, -0.2) is 19.2 Å². The molecule has 34 heavy (non-hydrogen) atoms. The summed E-state index contributed by atoms with van der Waals surface area (Å²) in [4.78, 5) is 22.1. The number of nitrogens with one attached hydrogen (secondary N) is 1. The molecule has 0 saturated carbocycles. The van der Waals surface area contributed by atoms with Gasteiger partial charge >= 0.3 is 0 Å². The van der Waals surface area contributed by atoms with Gasteiger partial charge in [0.05, 0.1) is 23.2 Å². The molecule has 0 saturated heterocycles. The van der Waals surface area contributed by atoms with Gasteiger partial charge in [0.25, 0.3) is 21.6 Å². The predicted octanol–water partition coefficient (Wildman–Crippen LogP) is 5.21. The Bertz CT molecular complexity index is 1290. The minimum absolute atomic E-state index is 0.120. The van der Waals surface area contributed by atoms with Crippen molar-refractivity contribution < 1.29 is 22.9 Å². The van der Waals surface area contributed by atoms with Crippen molar-refractivity contribution in [2.24, 2.45) is 0 Å². The summed E-state index contributed by atoms with van der Waals surface area (Å²) >= 11 is 5.87. The Kier molecular flexibility index (Phi) is 8.03. The minimum Gasteiger partial charge on any atom is -0.372 e. The summed E-state index contributed by atoms with van der Waals surface area (Å²) in [6.07, 6.45) is 0. The molecular formula is C24H23ClN2O6S. The minimum atomic E-state index is -4.32. The summed E-state index contributed by atoms with van der Waals surface area (Å²) in [6, 6.07) is 17.4. The van der Waals surface area contributed by atoms with E-state index in [0.717, 1.165) is 29.3 Å². The average Bonchev–Trinajstić information content (AvgIpc) is 2.79. The molecule has 0 aromatic heterocycles. The average molecular weight is 503 g/mol. The van der Waals surface area contributed by atoms with Gasteiger partial charge in [0, 0.05) is 17.7 Å². The number of hydrogen-bond acceptors (Lipinski definition) is 6. The first-order valence-corrected chi connectivity index (χ1v) is 12.2. The van der Waals surface area contributed by atoms with Gasteiger partial charge in [-0.25, -0.2) is 13.1 Å². The maximum atomic E-state index is 12.5. The lowest BCUT2D eigenvalue weighted by atomic mass is 10.0. The molecule has 8 nitrogen and oxygen atoms in total. The SMILES string of the molecule is CC(C)c1ccc(COCc2ccc(C(=O)NS(=O)(=O)c3ccc([N+](=O)[O-])cc3Cl)cc2)cc1. The van der Waals surface area contributed by atoms with Crippen LogP contribution in [-0.2, 0) is 28.0 Å². The second kappa shape index (κ2) is 10.8. The molecule has 10 heteroatoms. The Morgan fingerprint density at radius 1 is 1.00 bits per heavy atom. The highest BCUT2D eigenvalue weighted by molar-refractivity contribution is 7.90. The van der Waals surface area contributed by atoms with Crippen LogP contribution in [0.1, 0.15) is 46.8 Å². The molecule has 0 unspecified atom stereocenters. The van der Waals surface area contributed by atoms with E-state index in [0.29, 0.717) is 19.1 Å². The number of halogens is 1. The van der Waals surface area contributed by atoms with Crippen molar-refractivity contribution in [2.75, 3.05) is 0 Å². The standard InChI is InChI=1S/C24H23ClN2O6S/c1-16(2)19-7-3-17(4-8-19)14-33-15-18-5-9-20(10-6-18)24(28)26-34(31,32)23-12-11-21(27(29)30)13-22(23)25/h3-13,16H,14-15H2,1-2H3,(H,26,28). The number of rotatable bonds is 9. The summed E-state index contributed by atoms with van der Waals surface area (Å²) in [5.74, 6) is -0.390. The zero-order chi connectivity index (χ0) is 24.9. The number of carbonyl (C=O) groups excluding carboxylic acids is 1. The maximum Gasteiger partial charge on any atom is 0.271 e. The third-order valence-electron chi connectivity index (χ3n) is 5.04. The van der Waals surface area contributed by atoms with Gasteiger partial charge in [0.15, 0.2) is 0 Å². The Balaban J connectivity index is 1.58. The van der Waals surface area contributed by atoms with Crippen LogP contribution in [0.2, 0.25) is 5.02 Å². The first kappa shape index (κ1) is 25.4. The lowest BCUT2D eigenvalue weighted by Gasteiger charge is -2.10. The van der Waals surface area contributed by atoms with Crippen molar-refractivity contribution in [1.82, 2.24) is 4.72 Å². The van der Waals surface area contributed by atoms with E-state index in [1.54, 1.807) is 12.1 Å². The van der Waals surface area contributed by atoms with Crippen molar-refractivity contribution in [3.8, 4) is 0 Å². The van der Waals surface area contributed by atoms with E-state index in [-0.39, 0.29) is 16.3 Å². The van der Waals surface area contributed by atoms with E-state index in [9.17, 15) is 23.3 Å². The lowest BCUT2D eigenvalue weighted by Crippen LogP contribution is -2.30. The van der Waals surface area contributed by atoms with Crippen LogP contribution in [0, 0.1) is 10.1 Å². The van der Waals surface area contributed by atoms with E-state index in [1.165, 1.54) is 17.7 Å². The maximum absolute atomic E-state index is 12.5. The molecule has 0 radical (unpaired) electrons. The van der Waals surface area contributed by atoms with E-state index in [2.05, 4.69) is 26.0 Å². The van der Waals surface area contributed by atoms with Crippen molar-refractivity contribution in [1.29, 1.82) is 0 Å². The number of non-ortho nitro benzene ring substituents is 1. The van der Waals surface area contributed by atoms with Crippen molar-refractivity contribution in [3.05, 3.63) is 104 Å². The fourth-order valence-electron chi connectivity index (χ4n) is 3.10. The predicted molar refractivity (Wildman–Crippen MR) is 128 cm³/mol. The Labute approximate surface area is 202 Å². The smallest absolute Gasteiger partial charge is 0.271 e. The first-order valence-electron chi connectivity index (χ1n) is 10.3. The van der Waals surface area contributed by atoms with Crippen LogP contribution in [0.15, 0.2) is 71.6 Å². The van der Waals surface area contributed by atoms with Gasteiger partial charge in [0.1, 0.15) is 4.90 Å². The zero-order valence-corrected chi connectivity index (χ0v) is 20.1. The fourth-order valence-corrected chi connectivity index (χ4v) is 4.61. The molecule has 0 aliphatic carbocycles.